The number of nitrogens with two attached hydrogens (primary N) is 1. The van der Waals surface area contributed by atoms with Gasteiger partial charge < -0.3 is 10.5 Å². The van der Waals surface area contributed by atoms with Crippen LogP contribution in [0, 0.1) is 5.82 Å². The molecule has 1 aromatic rings. The second-order valence-corrected chi connectivity index (χ2v) is 6.31. The predicted octanol–water partition coefficient (Wildman–Crippen LogP) is 1.12. The van der Waals surface area contributed by atoms with E-state index in [0.29, 0.717) is 0 Å². The van der Waals surface area contributed by atoms with E-state index in [2.05, 4.69) is 0 Å². The molecule has 0 saturated carbocycles. The fourth-order valence-corrected chi connectivity index (χ4v) is 3.66. The first kappa shape index (κ1) is 17.0. The maximum absolute atomic E-state index is 13.8. The number of rotatable bonds is 7. The Balaban J connectivity index is 3.34. The summed E-state index contributed by atoms with van der Waals surface area (Å²) in [6.07, 6.45) is 0. The van der Waals surface area contributed by atoms with Gasteiger partial charge in [0.25, 0.3) is 0 Å². The molecular formula is C12H17FN2O3S2. The largest absolute Gasteiger partial charge is 0.389 e. The van der Waals surface area contributed by atoms with Crippen molar-refractivity contribution in [3.05, 3.63) is 29.6 Å². The first-order chi connectivity index (χ1) is 9.36. The van der Waals surface area contributed by atoms with Crippen LogP contribution < -0.4 is 5.73 Å². The molecule has 0 saturated heterocycles. The third kappa shape index (κ3) is 3.51. The fourth-order valence-electron chi connectivity index (χ4n) is 1.74. The monoisotopic (exact) mass is 320 g/mol. The highest BCUT2D eigenvalue weighted by Crippen LogP contribution is 2.22. The number of methoxy groups -OCH3 is 1. The highest BCUT2D eigenvalue weighted by Gasteiger charge is 2.28. The smallest absolute Gasteiger partial charge is 0.243 e. The number of likely N-dealkylation sites (N-methyl/N-ethyl adjacent to an activating group) is 1. The molecule has 0 amide bonds. The number of benzene rings is 1. The highest BCUT2D eigenvalue weighted by molar-refractivity contribution is 7.89. The topological polar surface area (TPSA) is 72.6 Å². The normalized spacial score (nSPS) is 11.8. The summed E-state index contributed by atoms with van der Waals surface area (Å²) in [6, 6.07) is 3.73. The molecule has 0 aliphatic carbocycles. The van der Waals surface area contributed by atoms with Crippen LogP contribution in [0.2, 0.25) is 0 Å². The molecule has 112 valence electrons. The van der Waals surface area contributed by atoms with Crippen LogP contribution in [0.5, 0.6) is 0 Å². The van der Waals surface area contributed by atoms with Crippen LogP contribution >= 0.6 is 12.2 Å². The molecule has 0 spiro atoms. The molecule has 0 aliphatic rings. The number of halogens is 1. The number of hydrogen-bond acceptors (Lipinski definition) is 4. The molecule has 5 nitrogen and oxygen atoms in total. The Kier molecular flexibility index (Phi) is 6.00. The van der Waals surface area contributed by atoms with Crippen molar-refractivity contribution in [2.75, 3.05) is 26.8 Å². The summed E-state index contributed by atoms with van der Waals surface area (Å²) in [7, 11) is -2.40. The standard InChI is InChI=1S/C12H17FN2O3S2/c1-3-15(7-8-18-2)20(16,17)10-6-4-5-9(13)11(10)12(14)19/h4-6H,3,7-8H2,1-2H3,(H2,14,19). The lowest BCUT2D eigenvalue weighted by molar-refractivity contribution is 0.180. The lowest BCUT2D eigenvalue weighted by atomic mass is 10.2. The van der Waals surface area contributed by atoms with Crippen LogP contribution in [0.25, 0.3) is 0 Å². The Morgan fingerprint density at radius 2 is 2.15 bits per heavy atom. The number of thiocarbonyl (C=S) groups is 1. The number of hydrogen-bond donors (Lipinski definition) is 1. The molecule has 20 heavy (non-hydrogen) atoms. The van der Waals surface area contributed by atoms with E-state index in [-0.39, 0.29) is 35.1 Å². The molecule has 0 radical (unpaired) electrons. The molecule has 2 N–H and O–H groups in total. The molecule has 1 aromatic carbocycles. The van der Waals surface area contributed by atoms with E-state index in [4.69, 9.17) is 22.7 Å². The molecule has 1 rings (SSSR count). The van der Waals surface area contributed by atoms with E-state index in [9.17, 15) is 12.8 Å². The zero-order valence-corrected chi connectivity index (χ0v) is 12.9. The number of ether oxygens (including phenoxy) is 1. The SMILES string of the molecule is CCN(CCOC)S(=O)(=O)c1cccc(F)c1C(N)=S. The second-order valence-electron chi connectivity index (χ2n) is 3.97. The van der Waals surface area contributed by atoms with Crippen molar-refractivity contribution in [3.8, 4) is 0 Å². The van der Waals surface area contributed by atoms with Gasteiger partial charge in [-0.3, -0.25) is 0 Å². The van der Waals surface area contributed by atoms with E-state index < -0.39 is 15.8 Å². The minimum Gasteiger partial charge on any atom is -0.389 e. The van der Waals surface area contributed by atoms with Crippen molar-refractivity contribution in [1.29, 1.82) is 0 Å². The van der Waals surface area contributed by atoms with Crippen molar-refractivity contribution in [3.63, 3.8) is 0 Å². The fraction of sp³-hybridized carbons (Fsp3) is 0.417. The Morgan fingerprint density at radius 3 is 2.65 bits per heavy atom. The summed E-state index contributed by atoms with van der Waals surface area (Å²) in [5.41, 5.74) is 5.19. The zero-order valence-electron chi connectivity index (χ0n) is 11.3. The van der Waals surface area contributed by atoms with E-state index in [1.807, 2.05) is 0 Å². The van der Waals surface area contributed by atoms with Crippen molar-refractivity contribution in [2.45, 2.75) is 11.8 Å². The van der Waals surface area contributed by atoms with E-state index >= 15 is 0 Å². The summed E-state index contributed by atoms with van der Waals surface area (Å²) < 4.78 is 44.9. The summed E-state index contributed by atoms with van der Waals surface area (Å²) in [5.74, 6) is -0.749. The first-order valence-electron chi connectivity index (χ1n) is 5.93. The molecule has 8 heteroatoms. The van der Waals surface area contributed by atoms with Crippen LogP contribution in [0.1, 0.15) is 12.5 Å². The average Bonchev–Trinajstić information content (AvgIpc) is 2.38. The van der Waals surface area contributed by atoms with Gasteiger partial charge in [-0.05, 0) is 12.1 Å². The summed E-state index contributed by atoms with van der Waals surface area (Å²) in [4.78, 5) is -0.507. The zero-order chi connectivity index (χ0) is 15.3. The Bertz CT molecular complexity index is 590. The highest BCUT2D eigenvalue weighted by atomic mass is 32.2. The van der Waals surface area contributed by atoms with Crippen molar-refractivity contribution < 1.29 is 17.5 Å². The lowest BCUT2D eigenvalue weighted by Gasteiger charge is -2.21. The third-order valence-electron chi connectivity index (χ3n) is 2.74. The van der Waals surface area contributed by atoms with Crippen LogP contribution in [-0.2, 0) is 14.8 Å². The van der Waals surface area contributed by atoms with Gasteiger partial charge in [-0.25, -0.2) is 12.8 Å². The maximum atomic E-state index is 13.8. The minimum atomic E-state index is -3.88. The molecule has 0 aromatic heterocycles. The van der Waals surface area contributed by atoms with Gasteiger partial charge >= 0.3 is 0 Å². The van der Waals surface area contributed by atoms with Gasteiger partial charge in [0.2, 0.25) is 10.0 Å². The van der Waals surface area contributed by atoms with Crippen LogP contribution in [0.4, 0.5) is 4.39 Å². The third-order valence-corrected chi connectivity index (χ3v) is 4.96. The van der Waals surface area contributed by atoms with Gasteiger partial charge in [-0.1, -0.05) is 25.2 Å². The van der Waals surface area contributed by atoms with Crippen molar-refractivity contribution in [2.24, 2.45) is 5.73 Å². The summed E-state index contributed by atoms with van der Waals surface area (Å²) >= 11 is 4.75. The molecule has 0 fully saturated rings. The molecule has 0 aliphatic heterocycles. The number of sulfonamides is 1. The first-order valence-corrected chi connectivity index (χ1v) is 7.78. The summed E-state index contributed by atoms with van der Waals surface area (Å²) in [6.45, 7) is 2.33. The van der Waals surface area contributed by atoms with Gasteiger partial charge in [0.05, 0.1) is 17.1 Å². The van der Waals surface area contributed by atoms with Crippen LogP contribution in [0.3, 0.4) is 0 Å². The van der Waals surface area contributed by atoms with Gasteiger partial charge in [0, 0.05) is 20.2 Å². The van der Waals surface area contributed by atoms with Crippen LogP contribution in [0.15, 0.2) is 23.1 Å². The van der Waals surface area contributed by atoms with E-state index in [0.717, 1.165) is 6.07 Å². The number of nitrogens with zero attached hydrogens (tertiary/aromatic N) is 1. The van der Waals surface area contributed by atoms with E-state index in [1.54, 1.807) is 6.92 Å². The quantitative estimate of drug-likeness (QED) is 0.762. The van der Waals surface area contributed by atoms with E-state index in [1.165, 1.54) is 23.5 Å². The molecular weight excluding hydrogens is 303 g/mol. The van der Waals surface area contributed by atoms with Gasteiger partial charge in [0.15, 0.2) is 0 Å². The summed E-state index contributed by atoms with van der Waals surface area (Å²) in [5, 5.41) is 0. The van der Waals surface area contributed by atoms with Crippen LogP contribution in [-0.4, -0.2) is 44.5 Å². The molecule has 0 atom stereocenters. The molecule has 0 unspecified atom stereocenters. The Hall–Kier alpha value is -1.09. The minimum absolute atomic E-state index is 0.169. The Morgan fingerprint density at radius 1 is 1.50 bits per heavy atom. The van der Waals surface area contributed by atoms with Gasteiger partial charge in [-0.2, -0.15) is 4.31 Å². The van der Waals surface area contributed by atoms with Gasteiger partial charge in [0.1, 0.15) is 10.8 Å². The van der Waals surface area contributed by atoms with Crippen molar-refractivity contribution in [1.82, 2.24) is 4.31 Å². The van der Waals surface area contributed by atoms with Gasteiger partial charge in [-0.15, -0.1) is 0 Å². The Labute approximate surface area is 123 Å². The van der Waals surface area contributed by atoms with Crippen molar-refractivity contribution >= 4 is 27.2 Å². The second kappa shape index (κ2) is 7.07. The lowest BCUT2D eigenvalue weighted by Crippen LogP contribution is -2.35. The molecule has 0 bridgehead atoms. The predicted molar refractivity (Wildman–Crippen MR) is 78.6 cm³/mol. The maximum Gasteiger partial charge on any atom is 0.243 e. The average molecular weight is 320 g/mol. The molecule has 0 heterocycles.